The first kappa shape index (κ1) is 44.8. The van der Waals surface area contributed by atoms with E-state index < -0.39 is 15.6 Å². The van der Waals surface area contributed by atoms with E-state index in [-0.39, 0.29) is 38.0 Å². The Balaban J connectivity index is 0.000000768. The lowest BCUT2D eigenvalue weighted by atomic mass is 10.2. The quantitative estimate of drug-likeness (QED) is 0.0551. The fraction of sp³-hybridized carbons (Fsp3) is 0.417. The van der Waals surface area contributed by atoms with E-state index in [9.17, 15) is 4.57 Å². The number of halogens is 2. The van der Waals surface area contributed by atoms with Crippen molar-refractivity contribution in [3.05, 3.63) is 67.3 Å². The van der Waals surface area contributed by atoms with Crippen LogP contribution < -0.4 is 45.4 Å². The van der Waals surface area contributed by atoms with Gasteiger partial charge in [0.15, 0.2) is 24.5 Å². The molecule has 23 heteroatoms. The van der Waals surface area contributed by atoms with Gasteiger partial charge in [-0.05, 0) is 13.8 Å². The molecule has 0 radical (unpaired) electrons. The van der Waals surface area contributed by atoms with Crippen LogP contribution in [-0.4, -0.2) is 62.7 Å². The highest BCUT2D eigenvalue weighted by atomic mass is 35.5. The summed E-state index contributed by atoms with van der Waals surface area (Å²) in [4.78, 5) is 57.7. The van der Waals surface area contributed by atoms with Gasteiger partial charge < -0.3 is 65.9 Å². The highest BCUT2D eigenvalue weighted by Gasteiger charge is 2.20. The van der Waals surface area contributed by atoms with Crippen molar-refractivity contribution in [2.75, 3.05) is 24.7 Å². The van der Waals surface area contributed by atoms with Gasteiger partial charge in [0.25, 0.3) is 0 Å². The Morgan fingerprint density at radius 3 is 1.49 bits per heavy atom. The maximum atomic E-state index is 10.7. The van der Waals surface area contributed by atoms with E-state index in [1.54, 1.807) is 30.7 Å². The van der Waals surface area contributed by atoms with Crippen LogP contribution >= 0.6 is 38.3 Å². The molecular formula is C24H38Cl2N8O9P2S2. The number of nitrogens with two attached hydrogens (primary N) is 2. The van der Waals surface area contributed by atoms with Gasteiger partial charge in [0, 0.05) is 45.7 Å². The van der Waals surface area contributed by atoms with Crippen LogP contribution in [0.1, 0.15) is 43.9 Å². The third kappa shape index (κ3) is 16.6. The number of thiazole rings is 2. The summed E-state index contributed by atoms with van der Waals surface area (Å²) in [7, 11) is -9.05. The van der Waals surface area contributed by atoms with Gasteiger partial charge in [-0.1, -0.05) is 22.7 Å². The van der Waals surface area contributed by atoms with Gasteiger partial charge in [0.2, 0.25) is 11.0 Å². The smallest absolute Gasteiger partial charge is 0.469 e. The maximum absolute atomic E-state index is 10.7. The number of nitrogens with zero attached hydrogens (tertiary/aromatic N) is 6. The van der Waals surface area contributed by atoms with Gasteiger partial charge in [0.05, 0.1) is 27.5 Å². The SMILES string of the molecule is Cc1ncc(C[n+]2csc(CCO)c2C)c(N)n1.Cc1ncc(C[n+]2csc(CCOP(=O)(O)O)c2C)c(N)n1.O=P(O)(O)O.[Cl-].[Cl-]. The second-order valence-electron chi connectivity index (χ2n) is 9.44. The van der Waals surface area contributed by atoms with E-state index in [4.69, 9.17) is 45.6 Å². The Morgan fingerprint density at radius 1 is 0.766 bits per heavy atom. The first-order chi connectivity index (χ1) is 20.9. The molecule has 0 unspecified atom stereocenters. The van der Waals surface area contributed by atoms with Crippen LogP contribution in [0.2, 0.25) is 0 Å². The number of hydrogen-bond acceptors (Lipinski definition) is 12. The van der Waals surface area contributed by atoms with Crippen LogP contribution in [-0.2, 0) is 39.6 Å². The topological polar surface area (TPSA) is 276 Å². The highest BCUT2D eigenvalue weighted by Crippen LogP contribution is 2.35. The molecule has 4 heterocycles. The van der Waals surface area contributed by atoms with E-state index in [2.05, 4.69) is 29.0 Å². The Kier molecular flexibility index (Phi) is 19.4. The molecule has 0 aliphatic rings. The lowest BCUT2D eigenvalue weighted by molar-refractivity contribution is -0.689. The summed E-state index contributed by atoms with van der Waals surface area (Å²) in [5.74, 6) is 2.30. The number of aryl methyl sites for hydroxylation is 2. The van der Waals surface area contributed by atoms with Crippen molar-refractivity contribution >= 4 is 50.0 Å². The van der Waals surface area contributed by atoms with Crippen molar-refractivity contribution in [1.82, 2.24) is 19.9 Å². The zero-order valence-corrected chi connectivity index (χ0v) is 30.7. The van der Waals surface area contributed by atoms with Crippen LogP contribution in [0.25, 0.3) is 0 Å². The number of phosphoric acid groups is 2. The van der Waals surface area contributed by atoms with Crippen molar-refractivity contribution in [3.8, 4) is 0 Å². The molecule has 0 aromatic carbocycles. The van der Waals surface area contributed by atoms with Crippen LogP contribution in [0, 0.1) is 27.7 Å². The van der Waals surface area contributed by atoms with Crippen LogP contribution in [0.3, 0.4) is 0 Å². The molecule has 4 aromatic heterocycles. The Bertz CT molecular complexity index is 1660. The molecule has 10 N–H and O–H groups in total. The summed E-state index contributed by atoms with van der Waals surface area (Å²) in [5.41, 5.74) is 19.7. The highest BCUT2D eigenvalue weighted by molar-refractivity contribution is 7.46. The van der Waals surface area contributed by atoms with Gasteiger partial charge >= 0.3 is 15.6 Å². The minimum absolute atomic E-state index is 0. The molecule has 0 aliphatic heterocycles. The van der Waals surface area contributed by atoms with Crippen LogP contribution in [0.4, 0.5) is 11.6 Å². The number of anilines is 2. The molecule has 0 saturated heterocycles. The zero-order valence-electron chi connectivity index (χ0n) is 25.8. The van der Waals surface area contributed by atoms with Crippen molar-refractivity contribution in [2.45, 2.75) is 53.6 Å². The molecule has 47 heavy (non-hydrogen) atoms. The fourth-order valence-corrected chi connectivity index (χ4v) is 5.98. The minimum Gasteiger partial charge on any atom is -1.00 e. The second-order valence-corrected chi connectivity index (χ2v) is 13.6. The van der Waals surface area contributed by atoms with E-state index >= 15 is 0 Å². The molecule has 0 fully saturated rings. The fourth-order valence-electron chi connectivity index (χ4n) is 3.69. The van der Waals surface area contributed by atoms with Gasteiger partial charge in [0.1, 0.15) is 23.3 Å². The third-order valence-corrected chi connectivity index (χ3v) is 8.77. The monoisotopic (exact) mass is 778 g/mol. The first-order valence-electron chi connectivity index (χ1n) is 13.1. The van der Waals surface area contributed by atoms with Crippen LogP contribution in [0.5, 0.6) is 0 Å². The normalized spacial score (nSPS) is 10.9. The summed E-state index contributed by atoms with van der Waals surface area (Å²) in [6.07, 6.45) is 4.61. The average molecular weight is 780 g/mol. The van der Waals surface area contributed by atoms with Crippen LogP contribution in [0.15, 0.2) is 23.4 Å². The van der Waals surface area contributed by atoms with Crippen molar-refractivity contribution in [2.24, 2.45) is 0 Å². The predicted molar refractivity (Wildman–Crippen MR) is 166 cm³/mol. The van der Waals surface area contributed by atoms with Gasteiger partial charge in [-0.25, -0.2) is 29.1 Å². The van der Waals surface area contributed by atoms with Crippen molar-refractivity contribution < 1.29 is 77.2 Å². The van der Waals surface area contributed by atoms with E-state index in [0.29, 0.717) is 49.2 Å². The number of nitrogen functional groups attached to an aromatic ring is 2. The molecule has 0 amide bonds. The number of aliphatic hydroxyl groups excluding tert-OH is 1. The average Bonchev–Trinajstić information content (AvgIpc) is 3.43. The van der Waals surface area contributed by atoms with Crippen molar-refractivity contribution in [3.63, 3.8) is 0 Å². The Hall–Kier alpha value is -2.22. The van der Waals surface area contributed by atoms with Gasteiger partial charge in [-0.3, -0.25) is 4.52 Å². The number of hydrogen-bond donors (Lipinski definition) is 8. The summed E-state index contributed by atoms with van der Waals surface area (Å²) in [5, 5.41) is 8.98. The number of aliphatic hydroxyl groups is 1. The molecule has 0 spiro atoms. The second kappa shape index (κ2) is 20.3. The molecule has 4 aromatic rings. The standard InChI is InChI=1S/C12H17N4O4PS.C12H17N4OS.2ClH.H3O4P/c1-8-11(3-4-20-21(17,18)19)22-7-16(8)6-10-5-14-9(2)15-12(10)13;1-8-11(3-4-17)18-7-16(8)6-10-5-14-9(2)15-12(10)13;;;1-5(2,3)4/h5,7H,3-4,6H2,1-2H3,(H3-,13,14,15,17,18,19);5,7,17H,3-4,6H2,1-2H3,(H2,13,14,15);2*1H;(H3,1,2,3,4)/q;+1;;;/p-1. The van der Waals surface area contributed by atoms with E-state index in [1.807, 2.05) is 36.4 Å². The van der Waals surface area contributed by atoms with E-state index in [1.165, 1.54) is 16.2 Å². The number of phosphoric ester groups is 1. The summed E-state index contributed by atoms with van der Waals surface area (Å²) < 4.78 is 28.1. The Morgan fingerprint density at radius 2 is 1.15 bits per heavy atom. The number of aromatic nitrogens is 6. The molecular weight excluding hydrogens is 741 g/mol. The van der Waals surface area contributed by atoms with Gasteiger partial charge in [-0.15, -0.1) is 0 Å². The summed E-state index contributed by atoms with van der Waals surface area (Å²) in [6.45, 7) is 8.96. The molecule has 264 valence electrons. The molecule has 0 bridgehead atoms. The first-order valence-corrected chi connectivity index (χ1v) is 17.9. The number of rotatable bonds is 10. The Labute approximate surface area is 291 Å². The van der Waals surface area contributed by atoms with Crippen molar-refractivity contribution in [1.29, 1.82) is 0 Å². The largest absolute Gasteiger partial charge is 1.00 e. The lowest BCUT2D eigenvalue weighted by Crippen LogP contribution is -3.00. The third-order valence-electron chi connectivity index (χ3n) is 5.96. The lowest BCUT2D eigenvalue weighted by Gasteiger charge is -2.04. The molecule has 4 rings (SSSR count). The summed E-state index contributed by atoms with van der Waals surface area (Å²) >= 11 is 3.15. The molecule has 0 saturated carbocycles. The molecule has 0 atom stereocenters. The zero-order chi connectivity index (χ0) is 33.9. The molecule has 0 aliphatic carbocycles. The van der Waals surface area contributed by atoms with E-state index in [0.717, 1.165) is 27.4 Å². The maximum Gasteiger partial charge on any atom is 0.469 e. The summed E-state index contributed by atoms with van der Waals surface area (Å²) in [6, 6.07) is 0. The van der Waals surface area contributed by atoms with Gasteiger partial charge in [-0.2, -0.15) is 9.13 Å². The predicted octanol–water partition coefficient (Wildman–Crippen LogP) is -5.59. The minimum atomic E-state index is -4.64. The molecule has 17 nitrogen and oxygen atoms in total.